The maximum absolute atomic E-state index is 14.5. The second-order valence-corrected chi connectivity index (χ2v) is 19.4. The molecule has 0 aromatic heterocycles. The fourth-order valence-corrected chi connectivity index (χ4v) is 9.47. The number of carbonyl (C=O) groups excluding carboxylic acids is 2. The number of fused-ring (bicyclic) bond motifs is 3. The highest BCUT2D eigenvalue weighted by molar-refractivity contribution is 6.85. The van der Waals surface area contributed by atoms with Gasteiger partial charge in [-0.25, -0.2) is 0 Å². The minimum atomic E-state index is -2.57. The molecule has 0 atom stereocenters. The number of ketones is 2. The van der Waals surface area contributed by atoms with Crippen LogP contribution in [-0.2, 0) is 15.3 Å². The fourth-order valence-electron chi connectivity index (χ4n) is 5.79. The van der Waals surface area contributed by atoms with Gasteiger partial charge < -0.3 is 8.85 Å². The third kappa shape index (κ3) is 4.70. The van der Waals surface area contributed by atoms with Crippen LogP contribution >= 0.6 is 0 Å². The highest BCUT2D eigenvalue weighted by Gasteiger charge is 2.45. The number of hydrogen-bond donors (Lipinski definition) is 0. The molecule has 4 aromatic carbocycles. The van der Waals surface area contributed by atoms with Crippen molar-refractivity contribution in [2.24, 2.45) is 0 Å². The van der Waals surface area contributed by atoms with Gasteiger partial charge in [-0.1, -0.05) is 104 Å². The van der Waals surface area contributed by atoms with E-state index in [0.29, 0.717) is 44.9 Å². The van der Waals surface area contributed by atoms with Gasteiger partial charge in [0.15, 0.2) is 11.6 Å². The van der Waals surface area contributed by atoms with E-state index >= 15 is 0 Å². The largest absolute Gasteiger partial charge is 0.539 e. The SMILES string of the molecule is CCc1ccc2c(c1)C(=O)C1=C(O[Si](C)(C)c3ccccc3)c3ccccc3C(=O)C1=C2O[Si](C)(C)c1ccccc1. The molecule has 210 valence electrons. The van der Waals surface area contributed by atoms with Crippen molar-refractivity contribution in [3.05, 3.63) is 142 Å². The summed E-state index contributed by atoms with van der Waals surface area (Å²) in [4.78, 5) is 28.9. The van der Waals surface area contributed by atoms with Crippen LogP contribution in [-0.4, -0.2) is 28.2 Å². The smallest absolute Gasteiger partial charge is 0.276 e. The Morgan fingerprint density at radius 2 is 0.952 bits per heavy atom. The van der Waals surface area contributed by atoms with Crippen LogP contribution in [0.5, 0.6) is 0 Å². The van der Waals surface area contributed by atoms with Gasteiger partial charge in [-0.3, -0.25) is 9.59 Å². The zero-order valence-corrected chi connectivity index (χ0v) is 26.7. The molecule has 6 rings (SSSR count). The molecule has 2 aliphatic rings. The molecule has 0 bridgehead atoms. The van der Waals surface area contributed by atoms with Crippen LogP contribution in [0.25, 0.3) is 11.5 Å². The second-order valence-electron chi connectivity index (χ2n) is 11.8. The van der Waals surface area contributed by atoms with Gasteiger partial charge in [-0.05, 0) is 54.6 Å². The molecule has 42 heavy (non-hydrogen) atoms. The number of carbonyl (C=O) groups is 2. The Kier molecular flexibility index (Phi) is 6.99. The Hall–Kier alpha value is -4.27. The van der Waals surface area contributed by atoms with Gasteiger partial charge in [-0.2, -0.15) is 0 Å². The lowest BCUT2D eigenvalue weighted by Gasteiger charge is -2.36. The first-order valence-electron chi connectivity index (χ1n) is 14.4. The van der Waals surface area contributed by atoms with Crippen molar-refractivity contribution in [1.29, 1.82) is 0 Å². The van der Waals surface area contributed by atoms with Crippen molar-refractivity contribution in [3.63, 3.8) is 0 Å². The fraction of sp³-hybridized carbons (Fsp3) is 0.167. The molecule has 0 saturated heterocycles. The van der Waals surface area contributed by atoms with Crippen LogP contribution in [0, 0.1) is 0 Å². The molecule has 0 unspecified atom stereocenters. The Bertz CT molecular complexity index is 1780. The standard InChI is InChI=1S/C36H34O4Si2/c1-6-24-21-22-29-30(23-24)34(38)32-31(36(29)40-42(4,5)26-17-11-8-12-18-26)33(37)27-19-13-14-20-28(27)35(32)39-41(2,3)25-15-9-7-10-16-25/h7-23H,6H2,1-5H3. The van der Waals surface area contributed by atoms with E-state index in [1.807, 2.05) is 78.9 Å². The van der Waals surface area contributed by atoms with E-state index in [1.165, 1.54) is 0 Å². The van der Waals surface area contributed by atoms with Crippen molar-refractivity contribution in [3.8, 4) is 0 Å². The summed E-state index contributed by atoms with van der Waals surface area (Å²) in [6, 6.07) is 33.6. The first-order chi connectivity index (χ1) is 20.1. The topological polar surface area (TPSA) is 52.6 Å². The van der Waals surface area contributed by atoms with Crippen molar-refractivity contribution in [1.82, 2.24) is 0 Å². The normalized spacial score (nSPS) is 14.8. The summed E-state index contributed by atoms with van der Waals surface area (Å²) in [5.74, 6) is 0.539. The molecule has 0 radical (unpaired) electrons. The minimum absolute atomic E-state index is 0.197. The van der Waals surface area contributed by atoms with Crippen molar-refractivity contribution < 1.29 is 18.4 Å². The molecule has 0 aliphatic heterocycles. The van der Waals surface area contributed by atoms with E-state index in [9.17, 15) is 9.59 Å². The Morgan fingerprint density at radius 1 is 0.524 bits per heavy atom. The monoisotopic (exact) mass is 586 g/mol. The summed E-state index contributed by atoms with van der Waals surface area (Å²) in [5.41, 5.74) is 4.05. The van der Waals surface area contributed by atoms with Gasteiger partial charge in [0.1, 0.15) is 11.5 Å². The molecule has 0 heterocycles. The Balaban J connectivity index is 1.65. The van der Waals surface area contributed by atoms with Crippen LogP contribution < -0.4 is 10.4 Å². The van der Waals surface area contributed by atoms with E-state index in [1.54, 1.807) is 0 Å². The average molecular weight is 587 g/mol. The van der Waals surface area contributed by atoms with E-state index in [-0.39, 0.29) is 11.6 Å². The summed E-state index contributed by atoms with van der Waals surface area (Å²) >= 11 is 0. The quantitative estimate of drug-likeness (QED) is 0.218. The molecule has 0 saturated carbocycles. The first-order valence-corrected chi connectivity index (χ1v) is 20.2. The average Bonchev–Trinajstić information content (AvgIpc) is 3.01. The zero-order chi connectivity index (χ0) is 29.6. The van der Waals surface area contributed by atoms with Gasteiger partial charge in [0.25, 0.3) is 16.6 Å². The molecule has 6 heteroatoms. The van der Waals surface area contributed by atoms with Gasteiger partial charge in [0.2, 0.25) is 0 Å². The number of benzene rings is 4. The van der Waals surface area contributed by atoms with Crippen LogP contribution in [0.2, 0.25) is 26.2 Å². The summed E-state index contributed by atoms with van der Waals surface area (Å²) in [6.45, 7) is 10.6. The minimum Gasteiger partial charge on any atom is -0.539 e. The van der Waals surface area contributed by atoms with Crippen LogP contribution in [0.1, 0.15) is 44.3 Å². The van der Waals surface area contributed by atoms with Gasteiger partial charge in [0, 0.05) is 22.3 Å². The van der Waals surface area contributed by atoms with Crippen molar-refractivity contribution >= 4 is 50.1 Å². The molecule has 0 spiro atoms. The molecule has 0 amide bonds. The zero-order valence-electron chi connectivity index (χ0n) is 24.7. The maximum atomic E-state index is 14.5. The van der Waals surface area contributed by atoms with Gasteiger partial charge in [-0.15, -0.1) is 0 Å². The molecular formula is C36H34O4Si2. The summed E-state index contributed by atoms with van der Waals surface area (Å²) in [6.07, 6.45) is 0.787. The number of rotatable bonds is 7. The van der Waals surface area contributed by atoms with Crippen LogP contribution in [0.3, 0.4) is 0 Å². The lowest BCUT2D eigenvalue weighted by molar-refractivity contribution is 0.0988. The first kappa shape index (κ1) is 27.9. The summed E-state index contributed by atoms with van der Waals surface area (Å²) in [7, 11) is -5.14. The predicted octanol–water partition coefficient (Wildman–Crippen LogP) is 7.02. The number of allylic oxidation sites excluding steroid dienone is 2. The predicted molar refractivity (Wildman–Crippen MR) is 174 cm³/mol. The molecule has 4 aromatic rings. The van der Waals surface area contributed by atoms with E-state index in [0.717, 1.165) is 22.4 Å². The maximum Gasteiger partial charge on any atom is 0.276 e. The third-order valence-electron chi connectivity index (χ3n) is 8.21. The second kappa shape index (κ2) is 10.5. The Morgan fingerprint density at radius 3 is 1.45 bits per heavy atom. The lowest BCUT2D eigenvalue weighted by atomic mass is 9.76. The number of hydrogen-bond acceptors (Lipinski definition) is 4. The van der Waals surface area contributed by atoms with Crippen LogP contribution in [0.4, 0.5) is 0 Å². The van der Waals surface area contributed by atoms with Crippen LogP contribution in [0.15, 0.2) is 114 Å². The van der Waals surface area contributed by atoms with E-state index < -0.39 is 16.6 Å². The van der Waals surface area contributed by atoms with E-state index in [4.69, 9.17) is 8.85 Å². The highest BCUT2D eigenvalue weighted by Crippen LogP contribution is 2.46. The van der Waals surface area contributed by atoms with Gasteiger partial charge in [0.05, 0.1) is 11.1 Å². The molecule has 0 N–H and O–H groups in total. The van der Waals surface area contributed by atoms with Crippen molar-refractivity contribution in [2.75, 3.05) is 0 Å². The van der Waals surface area contributed by atoms with E-state index in [2.05, 4.69) is 57.4 Å². The third-order valence-corrected chi connectivity index (χ3v) is 13.1. The highest BCUT2D eigenvalue weighted by atomic mass is 28.4. The van der Waals surface area contributed by atoms with Crippen molar-refractivity contribution in [2.45, 2.75) is 39.5 Å². The number of aryl methyl sites for hydroxylation is 1. The number of Topliss-reactive ketones (excluding diaryl/α,β-unsaturated/α-hetero) is 2. The molecule has 2 aliphatic carbocycles. The lowest BCUT2D eigenvalue weighted by Crippen LogP contribution is -2.46. The summed E-state index contributed by atoms with van der Waals surface area (Å²) < 4.78 is 14.0. The molecular weight excluding hydrogens is 553 g/mol. The van der Waals surface area contributed by atoms with Gasteiger partial charge >= 0.3 is 0 Å². The summed E-state index contributed by atoms with van der Waals surface area (Å²) in [5, 5.41) is 2.20. The Labute approximate surface area is 249 Å². The molecule has 0 fully saturated rings. The molecule has 4 nitrogen and oxygen atoms in total.